The van der Waals surface area contributed by atoms with Crippen LogP contribution < -0.4 is 16.4 Å². The van der Waals surface area contributed by atoms with Crippen LogP contribution in [0.2, 0.25) is 0 Å². The number of benzene rings is 11. The molecule has 76 heavy (non-hydrogen) atoms. The quantitative estimate of drug-likeness (QED) is 0.157. The van der Waals surface area contributed by atoms with Crippen molar-refractivity contribution in [1.29, 1.82) is 0 Å². The average Bonchev–Trinajstić information content (AvgIpc) is 4.25. The lowest BCUT2D eigenvalue weighted by Gasteiger charge is -2.35. The van der Waals surface area contributed by atoms with Crippen LogP contribution in [0.15, 0.2) is 206 Å². The van der Waals surface area contributed by atoms with Crippen molar-refractivity contribution >= 4 is 99.3 Å². The molecule has 3 aliphatic rings. The Hall–Kier alpha value is -8.86. The number of hydrogen-bond donors (Lipinski definition) is 0. The van der Waals surface area contributed by atoms with Crippen LogP contribution in [0.4, 0.5) is 0 Å². The number of fused-ring (bicyclic) bond motifs is 14. The fourth-order valence-corrected chi connectivity index (χ4v) is 14.3. The van der Waals surface area contributed by atoms with Crippen molar-refractivity contribution in [3.8, 4) is 61.6 Å². The highest BCUT2D eigenvalue weighted by Crippen LogP contribution is 2.51. The average molecular weight is 970 g/mol. The molecule has 17 rings (SSSR count). The largest absolute Gasteiger partial charge is 0.310 e. The fraction of sp³-hybridized carbons (Fsp3) is 0.111. The molecule has 0 unspecified atom stereocenters. The van der Waals surface area contributed by atoms with Gasteiger partial charge < -0.3 is 13.7 Å². The maximum atomic E-state index is 2.69. The first-order valence-electron chi connectivity index (χ1n) is 27.1. The van der Waals surface area contributed by atoms with Crippen molar-refractivity contribution in [1.82, 2.24) is 13.7 Å². The molecule has 0 bridgehead atoms. The molecule has 0 atom stereocenters. The van der Waals surface area contributed by atoms with Gasteiger partial charge in [0.05, 0.1) is 33.3 Å². The third kappa shape index (κ3) is 5.48. The van der Waals surface area contributed by atoms with E-state index in [-0.39, 0.29) is 17.5 Å². The molecule has 4 heteroatoms. The molecule has 0 saturated carbocycles. The lowest BCUT2D eigenvalue weighted by Crippen LogP contribution is -2.59. The lowest BCUT2D eigenvalue weighted by molar-refractivity contribution is 0.590. The Morgan fingerprint density at radius 1 is 0.329 bits per heavy atom. The molecular weight excluding hydrogens is 918 g/mol. The normalized spacial score (nSPS) is 13.4. The molecule has 14 aromatic rings. The fourth-order valence-electron chi connectivity index (χ4n) is 14.3. The van der Waals surface area contributed by atoms with Gasteiger partial charge in [0.25, 0.3) is 6.71 Å². The molecule has 0 radical (unpaired) electrons. The Bertz CT molecular complexity index is 4860. The van der Waals surface area contributed by atoms with Gasteiger partial charge in [-0.15, -0.1) is 0 Å². The van der Waals surface area contributed by atoms with E-state index in [4.69, 9.17) is 0 Å². The molecule has 11 aromatic carbocycles. The summed E-state index contributed by atoms with van der Waals surface area (Å²) in [5, 5.41) is 10.4. The smallest absolute Gasteiger partial charge is 0.252 e. The molecule has 3 aromatic heterocycles. The first-order chi connectivity index (χ1) is 37.0. The van der Waals surface area contributed by atoms with Gasteiger partial charge in [0, 0.05) is 49.2 Å². The first-order valence-corrected chi connectivity index (χ1v) is 27.1. The highest BCUT2D eigenvalue weighted by molar-refractivity contribution is 7.00. The van der Waals surface area contributed by atoms with Gasteiger partial charge in [-0.1, -0.05) is 187 Å². The summed E-state index contributed by atoms with van der Waals surface area (Å²) in [5.41, 5.74) is 28.0. The summed E-state index contributed by atoms with van der Waals surface area (Å²) in [6.45, 7) is 13.9. The van der Waals surface area contributed by atoms with E-state index < -0.39 is 0 Å². The van der Waals surface area contributed by atoms with Crippen molar-refractivity contribution in [3.63, 3.8) is 0 Å². The van der Waals surface area contributed by atoms with Crippen LogP contribution in [0.1, 0.15) is 52.7 Å². The highest BCUT2D eigenvalue weighted by atomic mass is 15.1. The number of rotatable bonds is 3. The van der Waals surface area contributed by atoms with Crippen LogP contribution in [-0.4, -0.2) is 20.4 Å². The minimum atomic E-state index is -0.0486. The van der Waals surface area contributed by atoms with Crippen molar-refractivity contribution in [2.75, 3.05) is 0 Å². The molecule has 3 nitrogen and oxygen atoms in total. The zero-order valence-corrected chi connectivity index (χ0v) is 43.5. The number of aromatic nitrogens is 3. The molecule has 0 spiro atoms. The third-order valence-corrected chi connectivity index (χ3v) is 17.8. The van der Waals surface area contributed by atoms with Crippen LogP contribution in [0, 0.1) is 0 Å². The maximum Gasteiger partial charge on any atom is 0.252 e. The van der Waals surface area contributed by atoms with Crippen LogP contribution in [0.5, 0.6) is 0 Å². The van der Waals surface area contributed by atoms with E-state index in [9.17, 15) is 0 Å². The SMILES string of the molecule is CC(C)(C)c1ccc2c(c1)c1cc(C(C)(C)C)ccc1n2-c1cc2c3c(c1)-n1c4ccc5cccc6c5c4c4c(ccc(c41)B3c1cc(-c3ccccc3)cc3c4cc(-c5ccccc5)ccc4n-2c13)-c1ccccc1-6. The van der Waals surface area contributed by atoms with E-state index in [1.165, 1.54) is 160 Å². The van der Waals surface area contributed by atoms with Crippen LogP contribution in [0.3, 0.4) is 0 Å². The Kier molecular flexibility index (Phi) is 8.11. The molecule has 0 fully saturated rings. The Morgan fingerprint density at radius 2 is 0.868 bits per heavy atom. The van der Waals surface area contributed by atoms with Crippen LogP contribution in [-0.2, 0) is 10.8 Å². The summed E-state index contributed by atoms with van der Waals surface area (Å²) in [4.78, 5) is 0. The number of hydrogen-bond acceptors (Lipinski definition) is 0. The van der Waals surface area contributed by atoms with Gasteiger partial charge in [0.1, 0.15) is 0 Å². The molecule has 5 heterocycles. The third-order valence-electron chi connectivity index (χ3n) is 17.8. The summed E-state index contributed by atoms with van der Waals surface area (Å²) in [6.07, 6.45) is 0. The van der Waals surface area contributed by atoms with Gasteiger partial charge in [-0.25, -0.2) is 0 Å². The maximum absolute atomic E-state index is 2.69. The van der Waals surface area contributed by atoms with E-state index in [2.05, 4.69) is 262 Å². The monoisotopic (exact) mass is 969 g/mol. The standard InChI is InChI=1S/C72H52BN3/c1-71(2,3)46-26-32-59-54(37-46)55-38-47(72(4,5)6)27-33-60(55)74(59)48-39-63-68-64(40-48)76-62-31-24-43-20-15-23-51-49-21-13-14-22-50(49)52-28-29-57(70(76)66(52)67(62)65(43)51)73(68)58-36-45(42-18-11-8-12-19-42)35-56-53-34-44(41-16-9-7-10-17-41)25-30-61(53)75(63)69(56)58/h7-40H,1-6H3. The summed E-state index contributed by atoms with van der Waals surface area (Å²) in [6, 6.07) is 79.5. The van der Waals surface area contributed by atoms with Gasteiger partial charge in [-0.2, -0.15) is 0 Å². The molecule has 0 saturated heterocycles. The predicted octanol–water partition coefficient (Wildman–Crippen LogP) is 16.9. The van der Waals surface area contributed by atoms with Gasteiger partial charge >= 0.3 is 0 Å². The molecule has 358 valence electrons. The second-order valence-corrected chi connectivity index (χ2v) is 24.1. The van der Waals surface area contributed by atoms with Gasteiger partial charge in [-0.05, 0) is 154 Å². The van der Waals surface area contributed by atoms with E-state index in [0.717, 1.165) is 5.69 Å². The predicted molar refractivity (Wildman–Crippen MR) is 324 cm³/mol. The van der Waals surface area contributed by atoms with Crippen LogP contribution in [0.25, 0.3) is 138 Å². The van der Waals surface area contributed by atoms with Gasteiger partial charge in [0.15, 0.2) is 0 Å². The van der Waals surface area contributed by atoms with E-state index in [1.54, 1.807) is 0 Å². The Labute approximate surface area is 442 Å². The summed E-state index contributed by atoms with van der Waals surface area (Å²) in [5.74, 6) is 0. The lowest BCUT2D eigenvalue weighted by atomic mass is 9.34. The zero-order chi connectivity index (χ0) is 50.7. The molecule has 1 aliphatic carbocycles. The van der Waals surface area contributed by atoms with E-state index >= 15 is 0 Å². The second kappa shape index (κ2) is 14.5. The molecule has 0 N–H and O–H groups in total. The minimum Gasteiger partial charge on any atom is -0.310 e. The van der Waals surface area contributed by atoms with E-state index in [1.807, 2.05) is 0 Å². The Balaban J connectivity index is 1.08. The first kappa shape index (κ1) is 42.5. The molecule has 2 aliphatic heterocycles. The summed E-state index contributed by atoms with van der Waals surface area (Å²) in [7, 11) is 0. The van der Waals surface area contributed by atoms with E-state index in [0.29, 0.717) is 0 Å². The highest BCUT2D eigenvalue weighted by Gasteiger charge is 2.43. The molecule has 0 amide bonds. The Morgan fingerprint density at radius 3 is 1.53 bits per heavy atom. The van der Waals surface area contributed by atoms with Crippen molar-refractivity contribution in [2.45, 2.75) is 52.4 Å². The second-order valence-electron chi connectivity index (χ2n) is 24.1. The summed E-state index contributed by atoms with van der Waals surface area (Å²) >= 11 is 0. The van der Waals surface area contributed by atoms with Gasteiger partial charge in [-0.3, -0.25) is 0 Å². The minimum absolute atomic E-state index is 0.00945. The molecular formula is C72H52BN3. The van der Waals surface area contributed by atoms with Crippen molar-refractivity contribution in [3.05, 3.63) is 217 Å². The van der Waals surface area contributed by atoms with Crippen molar-refractivity contribution in [2.24, 2.45) is 0 Å². The van der Waals surface area contributed by atoms with Crippen LogP contribution >= 0.6 is 0 Å². The number of nitrogens with zero attached hydrogens (tertiary/aromatic N) is 3. The summed E-state index contributed by atoms with van der Waals surface area (Å²) < 4.78 is 7.93. The van der Waals surface area contributed by atoms with Gasteiger partial charge in [0.2, 0.25) is 0 Å². The zero-order valence-electron chi connectivity index (χ0n) is 43.5. The topological polar surface area (TPSA) is 14.8 Å². The van der Waals surface area contributed by atoms with Crippen molar-refractivity contribution < 1.29 is 0 Å².